The number of nitrogens with zero attached hydrogens (tertiary/aromatic N) is 5. The maximum absolute atomic E-state index is 14.9. The SMILES string of the molecule is COc1nc(C)c2nc(-c3cncc(Br)c3)n(Cc3ccc(OS(C)(=O)=O)cc3F)c2n1. The van der Waals surface area contributed by atoms with E-state index >= 15 is 0 Å². The molecule has 0 aliphatic rings. The Hall–Kier alpha value is -3.12. The Bertz CT molecular complexity index is 1440. The van der Waals surface area contributed by atoms with Crippen molar-refractivity contribution in [2.45, 2.75) is 13.5 Å². The molecule has 1 aromatic carbocycles. The van der Waals surface area contributed by atoms with Gasteiger partial charge in [-0.05, 0) is 35.0 Å². The maximum Gasteiger partial charge on any atom is 0.318 e. The molecule has 4 rings (SSSR count). The topological polar surface area (TPSA) is 109 Å². The highest BCUT2D eigenvalue weighted by Gasteiger charge is 2.20. The summed E-state index contributed by atoms with van der Waals surface area (Å²) in [6, 6.07) is 5.86. The summed E-state index contributed by atoms with van der Waals surface area (Å²) >= 11 is 3.40. The molecule has 12 heteroatoms. The molecule has 0 spiro atoms. The first-order valence-electron chi connectivity index (χ1n) is 9.22. The van der Waals surface area contributed by atoms with Crippen LogP contribution in [0.15, 0.2) is 41.1 Å². The number of imidazole rings is 1. The summed E-state index contributed by atoms with van der Waals surface area (Å²) in [6.07, 6.45) is 4.18. The third-order valence-corrected chi connectivity index (χ3v) is 5.42. The Kier molecular flexibility index (Phi) is 5.82. The highest BCUT2D eigenvalue weighted by Crippen LogP contribution is 2.29. The van der Waals surface area contributed by atoms with Crippen LogP contribution in [0.25, 0.3) is 22.6 Å². The second-order valence-corrected chi connectivity index (χ2v) is 9.41. The van der Waals surface area contributed by atoms with Gasteiger partial charge < -0.3 is 13.5 Å². The fourth-order valence-electron chi connectivity index (χ4n) is 3.16. The second kappa shape index (κ2) is 8.43. The van der Waals surface area contributed by atoms with Gasteiger partial charge in [0.1, 0.15) is 22.9 Å². The maximum atomic E-state index is 14.9. The Morgan fingerprint density at radius 2 is 1.94 bits per heavy atom. The van der Waals surface area contributed by atoms with Crippen molar-refractivity contribution in [3.63, 3.8) is 0 Å². The van der Waals surface area contributed by atoms with Gasteiger partial charge in [0.15, 0.2) is 5.65 Å². The van der Waals surface area contributed by atoms with Crippen LogP contribution in [0.5, 0.6) is 11.8 Å². The molecule has 32 heavy (non-hydrogen) atoms. The average Bonchev–Trinajstić information content (AvgIpc) is 3.07. The van der Waals surface area contributed by atoms with Crippen molar-refractivity contribution in [2.75, 3.05) is 13.4 Å². The van der Waals surface area contributed by atoms with Crippen molar-refractivity contribution in [3.8, 4) is 23.1 Å². The van der Waals surface area contributed by atoms with Crippen LogP contribution in [0.2, 0.25) is 0 Å². The summed E-state index contributed by atoms with van der Waals surface area (Å²) in [7, 11) is -2.31. The van der Waals surface area contributed by atoms with Gasteiger partial charge in [-0.1, -0.05) is 6.07 Å². The van der Waals surface area contributed by atoms with E-state index in [9.17, 15) is 12.8 Å². The first-order chi connectivity index (χ1) is 15.1. The Morgan fingerprint density at radius 1 is 1.16 bits per heavy atom. The van der Waals surface area contributed by atoms with Crippen LogP contribution in [0.4, 0.5) is 4.39 Å². The zero-order chi connectivity index (χ0) is 23.0. The number of hydrogen-bond donors (Lipinski definition) is 0. The largest absolute Gasteiger partial charge is 0.467 e. The van der Waals surface area contributed by atoms with Crippen molar-refractivity contribution >= 4 is 37.2 Å². The molecule has 0 N–H and O–H groups in total. The molecule has 4 aromatic rings. The highest BCUT2D eigenvalue weighted by molar-refractivity contribution is 9.10. The number of rotatable bonds is 6. The van der Waals surface area contributed by atoms with Gasteiger partial charge >= 0.3 is 16.1 Å². The van der Waals surface area contributed by atoms with Gasteiger partial charge in [0.05, 0.1) is 25.6 Å². The number of fused-ring (bicyclic) bond motifs is 1. The highest BCUT2D eigenvalue weighted by atomic mass is 79.9. The van der Waals surface area contributed by atoms with Crippen molar-refractivity contribution < 1.29 is 21.7 Å². The van der Waals surface area contributed by atoms with Gasteiger partial charge in [-0.25, -0.2) is 9.37 Å². The summed E-state index contributed by atoms with van der Waals surface area (Å²) in [6.45, 7) is 1.84. The number of hydrogen-bond acceptors (Lipinski definition) is 8. The fourth-order valence-corrected chi connectivity index (χ4v) is 3.98. The fraction of sp³-hybridized carbons (Fsp3) is 0.200. The summed E-state index contributed by atoms with van der Waals surface area (Å²) in [5, 5.41) is 0. The van der Waals surface area contributed by atoms with Crippen LogP contribution in [0.3, 0.4) is 0 Å². The van der Waals surface area contributed by atoms with Crippen LogP contribution in [0.1, 0.15) is 11.3 Å². The van der Waals surface area contributed by atoms with Gasteiger partial charge in [0.2, 0.25) is 0 Å². The third kappa shape index (κ3) is 4.55. The molecule has 0 bridgehead atoms. The number of halogens is 2. The first kappa shape index (κ1) is 22.1. The predicted octanol–water partition coefficient (Wildman–Crippen LogP) is 3.49. The normalized spacial score (nSPS) is 11.7. The van der Waals surface area contributed by atoms with Crippen molar-refractivity contribution in [1.82, 2.24) is 24.5 Å². The van der Waals surface area contributed by atoms with Crippen LogP contribution < -0.4 is 8.92 Å². The third-order valence-electron chi connectivity index (χ3n) is 4.49. The molecule has 0 saturated heterocycles. The van der Waals surface area contributed by atoms with Crippen molar-refractivity contribution in [2.24, 2.45) is 0 Å². The molecule has 0 atom stereocenters. The Balaban J connectivity index is 1.87. The number of methoxy groups -OCH3 is 1. The lowest BCUT2D eigenvalue weighted by molar-refractivity contribution is 0.380. The molecule has 0 radical (unpaired) electrons. The number of aromatic nitrogens is 5. The number of benzene rings is 1. The van der Waals surface area contributed by atoms with E-state index in [2.05, 4.69) is 35.9 Å². The molecule has 0 aliphatic heterocycles. The van der Waals surface area contributed by atoms with E-state index in [1.807, 2.05) is 6.07 Å². The van der Waals surface area contributed by atoms with E-state index in [1.54, 1.807) is 23.9 Å². The standard InChI is InChI=1S/C20H17BrFN5O4S/c1-11-17-19(26-20(24-11)30-2)27(18(25-17)13-6-14(21)9-23-8-13)10-12-4-5-15(7-16(12)22)31-32(3,28)29/h4-9H,10H2,1-3H3. The minimum atomic E-state index is -3.77. The van der Waals surface area contributed by atoms with Crippen LogP contribution >= 0.6 is 15.9 Å². The molecule has 3 aromatic heterocycles. The molecule has 166 valence electrons. The molecule has 9 nitrogen and oxygen atoms in total. The minimum Gasteiger partial charge on any atom is -0.467 e. The summed E-state index contributed by atoms with van der Waals surface area (Å²) in [4.78, 5) is 17.6. The molecule has 0 fully saturated rings. The molecule has 3 heterocycles. The van der Waals surface area contributed by atoms with E-state index in [-0.39, 0.29) is 23.9 Å². The minimum absolute atomic E-state index is 0.0585. The summed E-state index contributed by atoms with van der Waals surface area (Å²) in [5.41, 5.74) is 2.57. The lowest BCUT2D eigenvalue weighted by Crippen LogP contribution is -2.08. The molecular formula is C20H17BrFN5O4S. The van der Waals surface area contributed by atoms with Crippen molar-refractivity contribution in [3.05, 3.63) is 58.2 Å². The summed E-state index contributed by atoms with van der Waals surface area (Å²) < 4.78 is 49.9. The van der Waals surface area contributed by atoms with Crippen LogP contribution in [-0.4, -0.2) is 46.3 Å². The van der Waals surface area contributed by atoms with E-state index < -0.39 is 15.9 Å². The summed E-state index contributed by atoms with van der Waals surface area (Å²) in [5.74, 6) is -0.236. The molecule has 0 saturated carbocycles. The van der Waals surface area contributed by atoms with E-state index in [4.69, 9.17) is 8.92 Å². The lowest BCUT2D eigenvalue weighted by Gasteiger charge is -2.11. The smallest absolute Gasteiger partial charge is 0.318 e. The van der Waals surface area contributed by atoms with Gasteiger partial charge in [-0.3, -0.25) is 4.98 Å². The van der Waals surface area contributed by atoms with Gasteiger partial charge in [0.25, 0.3) is 0 Å². The first-order valence-corrected chi connectivity index (χ1v) is 11.8. The number of aryl methyl sites for hydroxylation is 1. The number of pyridine rings is 1. The molecule has 0 unspecified atom stereocenters. The predicted molar refractivity (Wildman–Crippen MR) is 119 cm³/mol. The Morgan fingerprint density at radius 3 is 2.59 bits per heavy atom. The second-order valence-electron chi connectivity index (χ2n) is 6.92. The van der Waals surface area contributed by atoms with Gasteiger partial charge in [-0.15, -0.1) is 0 Å². The quantitative estimate of drug-likeness (QED) is 0.354. The zero-order valence-corrected chi connectivity index (χ0v) is 19.6. The molecule has 0 aliphatic carbocycles. The van der Waals surface area contributed by atoms with Gasteiger partial charge in [-0.2, -0.15) is 18.4 Å². The molecule has 0 amide bonds. The monoisotopic (exact) mass is 521 g/mol. The molecular weight excluding hydrogens is 505 g/mol. The van der Waals surface area contributed by atoms with Crippen LogP contribution in [0, 0.1) is 12.7 Å². The zero-order valence-electron chi connectivity index (χ0n) is 17.2. The van der Waals surface area contributed by atoms with Crippen LogP contribution in [-0.2, 0) is 16.7 Å². The Labute approximate surface area is 191 Å². The lowest BCUT2D eigenvalue weighted by atomic mass is 10.2. The van der Waals surface area contributed by atoms with E-state index in [1.165, 1.54) is 19.2 Å². The number of ether oxygens (including phenoxy) is 1. The average molecular weight is 522 g/mol. The van der Waals surface area contributed by atoms with E-state index in [0.717, 1.165) is 16.8 Å². The van der Waals surface area contributed by atoms with Crippen molar-refractivity contribution in [1.29, 1.82) is 0 Å². The van der Waals surface area contributed by atoms with E-state index in [0.29, 0.717) is 28.2 Å². The van der Waals surface area contributed by atoms with Gasteiger partial charge in [0, 0.05) is 34.1 Å².